The molecule has 0 aromatic heterocycles. The summed E-state index contributed by atoms with van der Waals surface area (Å²) in [4.78, 5) is 0. The molecule has 0 radical (unpaired) electrons. The Morgan fingerprint density at radius 2 is 2.12 bits per heavy atom. The van der Waals surface area contributed by atoms with Gasteiger partial charge in [-0.2, -0.15) is 0 Å². The summed E-state index contributed by atoms with van der Waals surface area (Å²) in [6, 6.07) is 8.57. The van der Waals surface area contributed by atoms with Crippen molar-refractivity contribution in [1.82, 2.24) is 5.32 Å². The standard InChI is InChI=1S/C14H21NO/c1-11(2)10-15-12(3)9-13-7-5-6-8-14(13)16-4/h5-8,12,15H,1,9-10H2,2-4H3. The number of ether oxygens (including phenoxy) is 1. The minimum atomic E-state index is 0.424. The van der Waals surface area contributed by atoms with Crippen LogP contribution < -0.4 is 10.1 Å². The first kappa shape index (κ1) is 12.8. The van der Waals surface area contributed by atoms with Gasteiger partial charge in [0.05, 0.1) is 7.11 Å². The fourth-order valence-corrected chi connectivity index (χ4v) is 1.62. The van der Waals surface area contributed by atoms with Crippen LogP contribution in [-0.2, 0) is 6.42 Å². The van der Waals surface area contributed by atoms with E-state index in [2.05, 4.69) is 24.9 Å². The van der Waals surface area contributed by atoms with Crippen LogP contribution in [0.1, 0.15) is 19.4 Å². The molecule has 0 amide bonds. The van der Waals surface area contributed by atoms with Crippen molar-refractivity contribution in [1.29, 1.82) is 0 Å². The molecule has 1 rings (SSSR count). The van der Waals surface area contributed by atoms with Crippen LogP contribution in [0.3, 0.4) is 0 Å². The molecule has 1 unspecified atom stereocenters. The zero-order chi connectivity index (χ0) is 12.0. The third-order valence-corrected chi connectivity index (χ3v) is 2.47. The Morgan fingerprint density at radius 3 is 2.75 bits per heavy atom. The van der Waals surface area contributed by atoms with Crippen molar-refractivity contribution in [2.45, 2.75) is 26.3 Å². The van der Waals surface area contributed by atoms with Crippen LogP contribution >= 0.6 is 0 Å². The Hall–Kier alpha value is -1.28. The maximum Gasteiger partial charge on any atom is 0.122 e. The number of para-hydroxylation sites is 1. The molecule has 0 heterocycles. The lowest BCUT2D eigenvalue weighted by Crippen LogP contribution is -2.29. The number of hydrogen-bond acceptors (Lipinski definition) is 2. The fraction of sp³-hybridized carbons (Fsp3) is 0.429. The number of hydrogen-bond donors (Lipinski definition) is 1. The molecule has 1 aromatic rings. The maximum atomic E-state index is 5.33. The number of methoxy groups -OCH3 is 1. The molecule has 2 heteroatoms. The SMILES string of the molecule is C=C(C)CNC(C)Cc1ccccc1OC. The van der Waals surface area contributed by atoms with E-state index in [1.807, 2.05) is 25.1 Å². The number of benzene rings is 1. The Balaban J connectivity index is 2.55. The summed E-state index contributed by atoms with van der Waals surface area (Å²) in [5, 5.41) is 3.43. The van der Waals surface area contributed by atoms with E-state index in [0.29, 0.717) is 6.04 Å². The molecule has 0 spiro atoms. The molecule has 0 saturated carbocycles. The van der Waals surface area contributed by atoms with Crippen molar-refractivity contribution < 1.29 is 4.74 Å². The van der Waals surface area contributed by atoms with E-state index in [9.17, 15) is 0 Å². The summed E-state index contributed by atoms with van der Waals surface area (Å²) in [5.41, 5.74) is 2.40. The van der Waals surface area contributed by atoms with Gasteiger partial charge in [0, 0.05) is 12.6 Å². The normalized spacial score (nSPS) is 12.2. The predicted octanol–water partition coefficient (Wildman–Crippen LogP) is 2.79. The van der Waals surface area contributed by atoms with Gasteiger partial charge in [-0.05, 0) is 31.9 Å². The van der Waals surface area contributed by atoms with Crippen molar-refractivity contribution in [2.75, 3.05) is 13.7 Å². The van der Waals surface area contributed by atoms with Gasteiger partial charge in [-0.3, -0.25) is 0 Å². The highest BCUT2D eigenvalue weighted by Gasteiger charge is 2.06. The van der Waals surface area contributed by atoms with Gasteiger partial charge in [-0.25, -0.2) is 0 Å². The van der Waals surface area contributed by atoms with E-state index in [-0.39, 0.29) is 0 Å². The third-order valence-electron chi connectivity index (χ3n) is 2.47. The molecule has 0 aliphatic heterocycles. The van der Waals surface area contributed by atoms with E-state index in [1.54, 1.807) is 7.11 Å². The first-order valence-electron chi connectivity index (χ1n) is 5.63. The summed E-state index contributed by atoms with van der Waals surface area (Å²) in [5.74, 6) is 0.964. The minimum Gasteiger partial charge on any atom is -0.496 e. The predicted molar refractivity (Wildman–Crippen MR) is 69.0 cm³/mol. The Kier molecular flexibility index (Phi) is 5.06. The van der Waals surface area contributed by atoms with Gasteiger partial charge in [0.2, 0.25) is 0 Å². The lowest BCUT2D eigenvalue weighted by molar-refractivity contribution is 0.406. The second kappa shape index (κ2) is 6.33. The third kappa shape index (κ3) is 4.07. The Labute approximate surface area is 98.3 Å². The van der Waals surface area contributed by atoms with E-state index in [1.165, 1.54) is 5.56 Å². The Bertz CT molecular complexity index is 346. The number of rotatable bonds is 6. The molecule has 0 aliphatic carbocycles. The highest BCUT2D eigenvalue weighted by Crippen LogP contribution is 2.18. The van der Waals surface area contributed by atoms with Crippen molar-refractivity contribution in [3.8, 4) is 5.75 Å². The van der Waals surface area contributed by atoms with Crippen LogP contribution in [0.4, 0.5) is 0 Å². The lowest BCUT2D eigenvalue weighted by Gasteiger charge is -2.15. The molecule has 1 N–H and O–H groups in total. The second-order valence-electron chi connectivity index (χ2n) is 4.26. The van der Waals surface area contributed by atoms with Crippen LogP contribution in [0.25, 0.3) is 0 Å². The topological polar surface area (TPSA) is 21.3 Å². The largest absolute Gasteiger partial charge is 0.496 e. The van der Waals surface area contributed by atoms with Crippen molar-refractivity contribution >= 4 is 0 Å². The van der Waals surface area contributed by atoms with Crippen molar-refractivity contribution in [3.63, 3.8) is 0 Å². The first-order valence-corrected chi connectivity index (χ1v) is 5.63. The summed E-state index contributed by atoms with van der Waals surface area (Å²) < 4.78 is 5.33. The highest BCUT2D eigenvalue weighted by molar-refractivity contribution is 5.33. The van der Waals surface area contributed by atoms with Gasteiger partial charge >= 0.3 is 0 Å². The summed E-state index contributed by atoms with van der Waals surface area (Å²) >= 11 is 0. The van der Waals surface area contributed by atoms with Gasteiger partial charge in [0.15, 0.2) is 0 Å². The zero-order valence-corrected chi connectivity index (χ0v) is 10.4. The van der Waals surface area contributed by atoms with Gasteiger partial charge in [0.25, 0.3) is 0 Å². The quantitative estimate of drug-likeness (QED) is 0.743. The van der Waals surface area contributed by atoms with Crippen molar-refractivity contribution in [3.05, 3.63) is 42.0 Å². The summed E-state index contributed by atoms with van der Waals surface area (Å²) in [6.45, 7) is 8.96. The zero-order valence-electron chi connectivity index (χ0n) is 10.4. The summed E-state index contributed by atoms with van der Waals surface area (Å²) in [6.07, 6.45) is 0.970. The molecule has 0 bridgehead atoms. The molecule has 1 atom stereocenters. The molecule has 0 aliphatic rings. The van der Waals surface area contributed by atoms with Gasteiger partial charge in [0.1, 0.15) is 5.75 Å². The van der Waals surface area contributed by atoms with Gasteiger partial charge in [-0.1, -0.05) is 30.4 Å². The van der Waals surface area contributed by atoms with E-state index in [0.717, 1.165) is 24.3 Å². The van der Waals surface area contributed by atoms with E-state index < -0.39 is 0 Å². The van der Waals surface area contributed by atoms with Gasteiger partial charge < -0.3 is 10.1 Å². The lowest BCUT2D eigenvalue weighted by atomic mass is 10.1. The molecule has 0 fully saturated rings. The highest BCUT2D eigenvalue weighted by atomic mass is 16.5. The Morgan fingerprint density at radius 1 is 1.44 bits per heavy atom. The maximum absolute atomic E-state index is 5.33. The van der Waals surface area contributed by atoms with Crippen LogP contribution in [0, 0.1) is 0 Å². The smallest absolute Gasteiger partial charge is 0.122 e. The molecular formula is C14H21NO. The molecule has 88 valence electrons. The first-order chi connectivity index (χ1) is 7.63. The van der Waals surface area contributed by atoms with E-state index >= 15 is 0 Å². The molecule has 0 saturated heterocycles. The average molecular weight is 219 g/mol. The second-order valence-corrected chi connectivity index (χ2v) is 4.26. The molecule has 1 aromatic carbocycles. The van der Waals surface area contributed by atoms with Crippen molar-refractivity contribution in [2.24, 2.45) is 0 Å². The fourth-order valence-electron chi connectivity index (χ4n) is 1.62. The minimum absolute atomic E-state index is 0.424. The van der Waals surface area contributed by atoms with E-state index in [4.69, 9.17) is 4.74 Å². The van der Waals surface area contributed by atoms with Crippen LogP contribution in [0.15, 0.2) is 36.4 Å². The van der Waals surface area contributed by atoms with Crippen LogP contribution in [0.2, 0.25) is 0 Å². The molecule has 2 nitrogen and oxygen atoms in total. The monoisotopic (exact) mass is 219 g/mol. The van der Waals surface area contributed by atoms with Crippen LogP contribution in [0.5, 0.6) is 5.75 Å². The van der Waals surface area contributed by atoms with Gasteiger partial charge in [-0.15, -0.1) is 0 Å². The summed E-state index contributed by atoms with van der Waals surface area (Å²) in [7, 11) is 1.71. The molecular weight excluding hydrogens is 198 g/mol. The average Bonchev–Trinajstić information content (AvgIpc) is 2.27. The molecule has 16 heavy (non-hydrogen) atoms. The number of nitrogens with one attached hydrogen (secondary N) is 1. The van der Waals surface area contributed by atoms with Crippen LogP contribution in [-0.4, -0.2) is 19.7 Å².